The summed E-state index contributed by atoms with van der Waals surface area (Å²) in [5, 5.41) is 0. The van der Waals surface area contributed by atoms with Crippen LogP contribution in [0.15, 0.2) is 40.8 Å². The summed E-state index contributed by atoms with van der Waals surface area (Å²) in [5.41, 5.74) is 2.09. The summed E-state index contributed by atoms with van der Waals surface area (Å²) in [7, 11) is 1.42. The predicted molar refractivity (Wildman–Crippen MR) is 81.6 cm³/mol. The third kappa shape index (κ3) is 5.11. The molecule has 0 N–H and O–H groups in total. The van der Waals surface area contributed by atoms with E-state index in [0.717, 1.165) is 11.3 Å². The second kappa shape index (κ2) is 8.05. The molecule has 1 aromatic rings. The molecule has 0 fully saturated rings. The molecule has 1 rings (SSSR count). The lowest BCUT2D eigenvalue weighted by Gasteiger charge is -2.06. The third-order valence-electron chi connectivity index (χ3n) is 2.95. The summed E-state index contributed by atoms with van der Waals surface area (Å²) >= 11 is 1.73. The highest BCUT2D eigenvalue weighted by Crippen LogP contribution is 2.22. The van der Waals surface area contributed by atoms with E-state index in [0.29, 0.717) is 12.3 Å². The minimum Gasteiger partial charge on any atom is -0.466 e. The van der Waals surface area contributed by atoms with Gasteiger partial charge in [0.1, 0.15) is 0 Å². The van der Waals surface area contributed by atoms with Crippen LogP contribution < -0.4 is 0 Å². The Labute approximate surface area is 120 Å². The van der Waals surface area contributed by atoms with Crippen LogP contribution in [0, 0.1) is 0 Å². The third-order valence-corrected chi connectivity index (χ3v) is 3.89. The van der Waals surface area contributed by atoms with E-state index in [-0.39, 0.29) is 5.97 Å². The number of esters is 1. The number of thioether (sulfide) groups is 1. The lowest BCUT2D eigenvalue weighted by Crippen LogP contribution is -2.04. The van der Waals surface area contributed by atoms with E-state index in [1.807, 2.05) is 13.0 Å². The molecule has 0 aromatic heterocycles. The van der Waals surface area contributed by atoms with Gasteiger partial charge in [-0.3, -0.25) is 0 Å². The first-order valence-electron chi connectivity index (χ1n) is 6.58. The van der Waals surface area contributed by atoms with E-state index in [1.54, 1.807) is 11.8 Å². The van der Waals surface area contributed by atoms with Crippen LogP contribution in [0.5, 0.6) is 0 Å². The van der Waals surface area contributed by atoms with Gasteiger partial charge in [-0.2, -0.15) is 0 Å². The Morgan fingerprint density at radius 1 is 1.32 bits per heavy atom. The van der Waals surface area contributed by atoms with Crippen molar-refractivity contribution in [3.8, 4) is 0 Å². The molecule has 104 valence electrons. The van der Waals surface area contributed by atoms with Crippen LogP contribution in [0.2, 0.25) is 0 Å². The maximum Gasteiger partial charge on any atom is 0.333 e. The molecule has 0 aliphatic carbocycles. The smallest absolute Gasteiger partial charge is 0.333 e. The summed E-state index contributed by atoms with van der Waals surface area (Å²) in [4.78, 5) is 12.6. The molecular weight excluding hydrogens is 256 g/mol. The Balaban J connectivity index is 2.57. The Hall–Kier alpha value is -1.22. The van der Waals surface area contributed by atoms with Gasteiger partial charge in [-0.25, -0.2) is 4.79 Å². The van der Waals surface area contributed by atoms with Gasteiger partial charge >= 0.3 is 5.97 Å². The second-order valence-electron chi connectivity index (χ2n) is 4.61. The molecule has 3 heteroatoms. The van der Waals surface area contributed by atoms with Gasteiger partial charge in [0.2, 0.25) is 0 Å². The van der Waals surface area contributed by atoms with Gasteiger partial charge in [-0.15, -0.1) is 11.8 Å². The van der Waals surface area contributed by atoms with Crippen molar-refractivity contribution in [1.29, 1.82) is 0 Å². The quantitative estimate of drug-likeness (QED) is 0.438. The Kier molecular flexibility index (Phi) is 6.71. The van der Waals surface area contributed by atoms with Crippen LogP contribution in [0.1, 0.15) is 38.7 Å². The van der Waals surface area contributed by atoms with Crippen LogP contribution in [-0.2, 0) is 9.53 Å². The molecule has 19 heavy (non-hydrogen) atoms. The maximum atomic E-state index is 11.4. The number of hydrogen-bond donors (Lipinski definition) is 0. The van der Waals surface area contributed by atoms with E-state index < -0.39 is 0 Å². The first-order valence-corrected chi connectivity index (χ1v) is 7.57. The van der Waals surface area contributed by atoms with Crippen molar-refractivity contribution in [2.75, 3.05) is 12.9 Å². The zero-order valence-electron chi connectivity index (χ0n) is 12.1. The van der Waals surface area contributed by atoms with Gasteiger partial charge in [-0.1, -0.05) is 39.0 Å². The zero-order valence-corrected chi connectivity index (χ0v) is 12.9. The van der Waals surface area contributed by atoms with Gasteiger partial charge in [0, 0.05) is 16.2 Å². The topological polar surface area (TPSA) is 26.3 Å². The zero-order chi connectivity index (χ0) is 14.3. The van der Waals surface area contributed by atoms with Crippen LogP contribution >= 0.6 is 11.8 Å². The molecule has 0 aliphatic heterocycles. The first kappa shape index (κ1) is 15.8. The molecule has 0 radical (unpaired) electrons. The standard InChI is InChI=1S/C16H22O2S/c1-5-13(16(17)18-4)10-11-19-15-8-6-14(7-9-15)12(2)3/h6-10,12H,5,11H2,1-4H3. The highest BCUT2D eigenvalue weighted by molar-refractivity contribution is 7.99. The molecule has 0 bridgehead atoms. The van der Waals surface area contributed by atoms with E-state index >= 15 is 0 Å². The molecule has 0 saturated carbocycles. The van der Waals surface area contributed by atoms with Crippen molar-refractivity contribution in [2.24, 2.45) is 0 Å². The van der Waals surface area contributed by atoms with Crippen molar-refractivity contribution >= 4 is 17.7 Å². The van der Waals surface area contributed by atoms with E-state index in [4.69, 9.17) is 4.74 Å². The molecular formula is C16H22O2S. The van der Waals surface area contributed by atoms with Gasteiger partial charge < -0.3 is 4.74 Å². The summed E-state index contributed by atoms with van der Waals surface area (Å²) in [6.07, 6.45) is 2.66. The lowest BCUT2D eigenvalue weighted by atomic mass is 10.0. The van der Waals surface area contributed by atoms with Crippen LogP contribution in [-0.4, -0.2) is 18.8 Å². The van der Waals surface area contributed by atoms with Crippen molar-refractivity contribution in [3.05, 3.63) is 41.5 Å². The second-order valence-corrected chi connectivity index (χ2v) is 5.70. The van der Waals surface area contributed by atoms with Crippen molar-refractivity contribution in [2.45, 2.75) is 38.0 Å². The van der Waals surface area contributed by atoms with E-state index in [2.05, 4.69) is 38.1 Å². The van der Waals surface area contributed by atoms with Crippen LogP contribution in [0.4, 0.5) is 0 Å². The van der Waals surface area contributed by atoms with Crippen molar-refractivity contribution in [3.63, 3.8) is 0 Å². The van der Waals surface area contributed by atoms with E-state index in [9.17, 15) is 4.79 Å². The molecule has 1 aromatic carbocycles. The van der Waals surface area contributed by atoms with Crippen molar-refractivity contribution < 1.29 is 9.53 Å². The van der Waals surface area contributed by atoms with Gasteiger partial charge in [0.25, 0.3) is 0 Å². The summed E-state index contributed by atoms with van der Waals surface area (Å²) < 4.78 is 4.73. The fourth-order valence-electron chi connectivity index (χ4n) is 1.69. The van der Waals surface area contributed by atoms with E-state index in [1.165, 1.54) is 17.6 Å². The normalized spacial score (nSPS) is 11.7. The molecule has 0 saturated heterocycles. The van der Waals surface area contributed by atoms with Crippen LogP contribution in [0.25, 0.3) is 0 Å². The van der Waals surface area contributed by atoms with Crippen LogP contribution in [0.3, 0.4) is 0 Å². The summed E-state index contributed by atoms with van der Waals surface area (Å²) in [5.74, 6) is 1.13. The van der Waals surface area contributed by atoms with Gasteiger partial charge in [0.05, 0.1) is 7.11 Å². The fraction of sp³-hybridized carbons (Fsp3) is 0.438. The number of carbonyl (C=O) groups excluding carboxylic acids is 1. The number of ether oxygens (including phenoxy) is 1. The number of benzene rings is 1. The Bertz CT molecular complexity index is 433. The maximum absolute atomic E-state index is 11.4. The summed E-state index contributed by atoms with van der Waals surface area (Å²) in [6.45, 7) is 6.34. The lowest BCUT2D eigenvalue weighted by molar-refractivity contribution is -0.136. The highest BCUT2D eigenvalue weighted by atomic mass is 32.2. The monoisotopic (exact) mass is 278 g/mol. The fourth-order valence-corrected chi connectivity index (χ4v) is 2.50. The van der Waals surface area contributed by atoms with Crippen molar-refractivity contribution in [1.82, 2.24) is 0 Å². The molecule has 0 amide bonds. The molecule has 2 nitrogen and oxygen atoms in total. The molecule has 0 heterocycles. The average molecular weight is 278 g/mol. The molecule has 0 atom stereocenters. The Morgan fingerprint density at radius 3 is 2.42 bits per heavy atom. The van der Waals surface area contributed by atoms with Gasteiger partial charge in [-0.05, 0) is 30.0 Å². The minimum atomic E-state index is -0.224. The largest absolute Gasteiger partial charge is 0.466 e. The predicted octanol–water partition coefficient (Wildman–Crippen LogP) is 4.41. The van der Waals surface area contributed by atoms with Gasteiger partial charge in [0.15, 0.2) is 0 Å². The minimum absolute atomic E-state index is 0.224. The average Bonchev–Trinajstić information content (AvgIpc) is 2.43. The highest BCUT2D eigenvalue weighted by Gasteiger charge is 2.06. The summed E-state index contributed by atoms with van der Waals surface area (Å²) in [6, 6.07) is 8.60. The number of methoxy groups -OCH3 is 1. The molecule has 0 spiro atoms. The first-order chi connectivity index (χ1) is 9.08. The Morgan fingerprint density at radius 2 is 1.95 bits per heavy atom. The SMILES string of the molecule is CCC(=CCSc1ccc(C(C)C)cc1)C(=O)OC. The number of hydrogen-bond acceptors (Lipinski definition) is 3. The molecule has 0 unspecified atom stereocenters. The molecule has 0 aliphatic rings. The number of rotatable bonds is 6. The number of carbonyl (C=O) groups is 1.